The maximum atomic E-state index is 12.2. The van der Waals surface area contributed by atoms with Crippen LogP contribution in [0.2, 0.25) is 5.02 Å². The summed E-state index contributed by atoms with van der Waals surface area (Å²) in [6.45, 7) is 5.78. The molecule has 0 atom stereocenters. The predicted octanol–water partition coefficient (Wildman–Crippen LogP) is 4.49. The Morgan fingerprint density at radius 2 is 1.67 bits per heavy atom. The maximum absolute atomic E-state index is 12.2. The molecule has 126 valence electrons. The molecule has 2 rings (SSSR count). The van der Waals surface area contributed by atoms with E-state index in [-0.39, 0.29) is 18.2 Å². The molecule has 5 heteroatoms. The van der Waals surface area contributed by atoms with Crippen LogP contribution in [-0.4, -0.2) is 11.8 Å². The highest BCUT2D eigenvalue weighted by Crippen LogP contribution is 2.23. The summed E-state index contributed by atoms with van der Waals surface area (Å²) in [5.41, 5.74) is 4.21. The highest BCUT2D eigenvalue weighted by Gasteiger charge is 2.14. The largest absolute Gasteiger partial charge is 0.325 e. The highest BCUT2D eigenvalue weighted by atomic mass is 35.5. The number of carbonyl (C=O) groups is 2. The van der Waals surface area contributed by atoms with Gasteiger partial charge in [-0.05, 0) is 49.1 Å². The number of halogens is 1. The molecule has 4 nitrogen and oxygen atoms in total. The van der Waals surface area contributed by atoms with Crippen LogP contribution in [0.5, 0.6) is 0 Å². The number of para-hydroxylation sites is 1. The quantitative estimate of drug-likeness (QED) is 0.785. The van der Waals surface area contributed by atoms with Gasteiger partial charge in [-0.1, -0.05) is 42.8 Å². The fraction of sp³-hybridized carbons (Fsp3) is 0.263. The lowest BCUT2D eigenvalue weighted by Crippen LogP contribution is -2.22. The molecule has 0 heterocycles. The summed E-state index contributed by atoms with van der Waals surface area (Å²) in [5.74, 6) is -0.708. The molecule has 2 amide bonds. The third kappa shape index (κ3) is 4.36. The average molecular weight is 345 g/mol. The Bertz CT molecular complexity index is 772. The van der Waals surface area contributed by atoms with E-state index in [1.807, 2.05) is 39.0 Å². The molecule has 2 aromatic carbocycles. The summed E-state index contributed by atoms with van der Waals surface area (Å²) in [6, 6.07) is 11.1. The molecular weight excluding hydrogens is 324 g/mol. The van der Waals surface area contributed by atoms with Crippen molar-refractivity contribution in [3.63, 3.8) is 0 Å². The van der Waals surface area contributed by atoms with Crippen molar-refractivity contribution in [2.75, 3.05) is 10.6 Å². The predicted molar refractivity (Wildman–Crippen MR) is 98.6 cm³/mol. The summed E-state index contributed by atoms with van der Waals surface area (Å²) in [5, 5.41) is 6.15. The van der Waals surface area contributed by atoms with Crippen molar-refractivity contribution < 1.29 is 9.59 Å². The van der Waals surface area contributed by atoms with Crippen LogP contribution in [-0.2, 0) is 16.0 Å². The minimum Gasteiger partial charge on any atom is -0.325 e. The van der Waals surface area contributed by atoms with Crippen LogP contribution in [0.25, 0.3) is 0 Å². The molecule has 0 saturated heterocycles. The van der Waals surface area contributed by atoms with Crippen molar-refractivity contribution in [1.29, 1.82) is 0 Å². The third-order valence-electron chi connectivity index (χ3n) is 3.87. The number of amides is 2. The van der Waals surface area contributed by atoms with Crippen molar-refractivity contribution in [3.8, 4) is 0 Å². The van der Waals surface area contributed by atoms with E-state index in [1.54, 1.807) is 18.2 Å². The monoisotopic (exact) mass is 344 g/mol. The molecule has 0 unspecified atom stereocenters. The van der Waals surface area contributed by atoms with Crippen molar-refractivity contribution in [2.45, 2.75) is 33.6 Å². The highest BCUT2D eigenvalue weighted by molar-refractivity contribution is 6.31. The number of hydrogen-bond donors (Lipinski definition) is 2. The smallest absolute Gasteiger partial charge is 0.233 e. The van der Waals surface area contributed by atoms with E-state index in [4.69, 9.17) is 11.6 Å². The Morgan fingerprint density at radius 3 is 2.38 bits per heavy atom. The van der Waals surface area contributed by atoms with Gasteiger partial charge in [0, 0.05) is 16.4 Å². The summed E-state index contributed by atoms with van der Waals surface area (Å²) in [6.07, 6.45) is 0.564. The van der Waals surface area contributed by atoms with Gasteiger partial charge < -0.3 is 10.6 Å². The fourth-order valence-corrected chi connectivity index (χ4v) is 2.64. The molecule has 0 saturated carbocycles. The Kier molecular flexibility index (Phi) is 5.99. The van der Waals surface area contributed by atoms with E-state index in [2.05, 4.69) is 10.6 Å². The molecule has 2 N–H and O–H groups in total. The minimum atomic E-state index is -0.371. The van der Waals surface area contributed by atoms with Gasteiger partial charge in [0.15, 0.2) is 0 Å². The van der Waals surface area contributed by atoms with Gasteiger partial charge in [-0.2, -0.15) is 0 Å². The average Bonchev–Trinajstić information content (AvgIpc) is 2.53. The van der Waals surface area contributed by atoms with Gasteiger partial charge in [-0.25, -0.2) is 0 Å². The molecular formula is C19H21ClN2O2. The van der Waals surface area contributed by atoms with Crippen molar-refractivity contribution >= 4 is 34.8 Å². The molecule has 24 heavy (non-hydrogen) atoms. The van der Waals surface area contributed by atoms with Crippen LogP contribution in [0.15, 0.2) is 36.4 Å². The molecule has 0 radical (unpaired) electrons. The van der Waals surface area contributed by atoms with Crippen LogP contribution in [0.1, 0.15) is 30.0 Å². The summed E-state index contributed by atoms with van der Waals surface area (Å²) >= 11 is 6.03. The van der Waals surface area contributed by atoms with Gasteiger partial charge >= 0.3 is 0 Å². The number of nitrogens with one attached hydrogen (secondary N) is 2. The number of carbonyl (C=O) groups excluding carboxylic acids is 2. The topological polar surface area (TPSA) is 58.2 Å². The summed E-state index contributed by atoms with van der Waals surface area (Å²) in [4.78, 5) is 24.3. The third-order valence-corrected chi connectivity index (χ3v) is 4.28. The molecule has 0 aliphatic rings. The van der Waals surface area contributed by atoms with Gasteiger partial charge in [0.2, 0.25) is 11.8 Å². The minimum absolute atomic E-state index is 0.247. The van der Waals surface area contributed by atoms with Crippen LogP contribution in [0.4, 0.5) is 11.4 Å². The maximum Gasteiger partial charge on any atom is 0.233 e. The molecule has 0 bridgehead atoms. The van der Waals surface area contributed by atoms with E-state index < -0.39 is 0 Å². The number of hydrogen-bond acceptors (Lipinski definition) is 2. The Hall–Kier alpha value is -2.33. The Labute approximate surface area is 147 Å². The fourth-order valence-electron chi connectivity index (χ4n) is 2.47. The van der Waals surface area contributed by atoms with E-state index in [9.17, 15) is 9.59 Å². The summed E-state index contributed by atoms with van der Waals surface area (Å²) < 4.78 is 0. The van der Waals surface area contributed by atoms with Crippen LogP contribution >= 0.6 is 11.6 Å². The first-order valence-corrected chi connectivity index (χ1v) is 8.23. The number of rotatable bonds is 5. The van der Waals surface area contributed by atoms with Gasteiger partial charge in [-0.3, -0.25) is 9.59 Å². The lowest BCUT2D eigenvalue weighted by atomic mass is 10.1. The van der Waals surface area contributed by atoms with Crippen LogP contribution < -0.4 is 10.6 Å². The van der Waals surface area contributed by atoms with Gasteiger partial charge in [0.05, 0.1) is 0 Å². The number of aryl methyl sites for hydroxylation is 2. The second-order valence-corrected chi connectivity index (χ2v) is 6.06. The lowest BCUT2D eigenvalue weighted by Gasteiger charge is -2.13. The molecule has 0 fully saturated rings. The first-order chi connectivity index (χ1) is 11.4. The molecule has 2 aromatic rings. The van der Waals surface area contributed by atoms with E-state index in [0.717, 1.165) is 28.8 Å². The zero-order valence-corrected chi connectivity index (χ0v) is 14.8. The van der Waals surface area contributed by atoms with E-state index in [1.165, 1.54) is 0 Å². The normalized spacial score (nSPS) is 10.3. The van der Waals surface area contributed by atoms with Gasteiger partial charge in [0.1, 0.15) is 6.42 Å². The van der Waals surface area contributed by atoms with Crippen LogP contribution in [0.3, 0.4) is 0 Å². The Morgan fingerprint density at radius 1 is 1.00 bits per heavy atom. The van der Waals surface area contributed by atoms with Crippen molar-refractivity contribution in [1.82, 2.24) is 0 Å². The molecule has 0 spiro atoms. The zero-order chi connectivity index (χ0) is 17.7. The SMILES string of the molecule is CCc1cccc(C)c1NC(=O)CC(=O)Nc1cccc(Cl)c1C. The molecule has 0 aromatic heterocycles. The number of benzene rings is 2. The van der Waals surface area contributed by atoms with E-state index >= 15 is 0 Å². The number of anilines is 2. The summed E-state index contributed by atoms with van der Waals surface area (Å²) in [7, 11) is 0. The Balaban J connectivity index is 2.02. The second kappa shape index (κ2) is 7.97. The second-order valence-electron chi connectivity index (χ2n) is 5.65. The van der Waals surface area contributed by atoms with E-state index in [0.29, 0.717) is 10.7 Å². The zero-order valence-electron chi connectivity index (χ0n) is 14.1. The van der Waals surface area contributed by atoms with Crippen molar-refractivity contribution in [3.05, 3.63) is 58.1 Å². The lowest BCUT2D eigenvalue weighted by molar-refractivity contribution is -0.123. The first kappa shape index (κ1) is 18.0. The molecule has 0 aliphatic carbocycles. The van der Waals surface area contributed by atoms with Crippen molar-refractivity contribution in [2.24, 2.45) is 0 Å². The van der Waals surface area contributed by atoms with Crippen LogP contribution in [0, 0.1) is 13.8 Å². The molecule has 0 aliphatic heterocycles. The van der Waals surface area contributed by atoms with Gasteiger partial charge in [-0.15, -0.1) is 0 Å². The van der Waals surface area contributed by atoms with Gasteiger partial charge in [0.25, 0.3) is 0 Å². The standard InChI is InChI=1S/C19H21ClN2O2/c1-4-14-8-5-7-12(2)19(14)22-18(24)11-17(23)21-16-10-6-9-15(20)13(16)3/h5-10H,4,11H2,1-3H3,(H,21,23)(H,22,24). The first-order valence-electron chi connectivity index (χ1n) is 7.85.